The quantitative estimate of drug-likeness (QED) is 0.764. The smallest absolute Gasteiger partial charge is 0.317 e. The molecule has 3 amide bonds. The fourth-order valence-corrected chi connectivity index (χ4v) is 2.64. The molecule has 2 aliphatic rings. The lowest BCUT2D eigenvalue weighted by Gasteiger charge is -2.40. The van der Waals surface area contributed by atoms with E-state index in [-0.39, 0.29) is 17.5 Å². The number of hydrogen-bond acceptors (Lipinski definition) is 3. The number of urea groups is 1. The number of nitrogens with one attached hydrogen (secondary N) is 1. The van der Waals surface area contributed by atoms with Crippen molar-refractivity contribution in [3.05, 3.63) is 0 Å². The summed E-state index contributed by atoms with van der Waals surface area (Å²) in [6.07, 6.45) is 3.50. The maximum absolute atomic E-state index is 12.1. The molecule has 1 aliphatic heterocycles. The molecule has 1 aliphatic carbocycles. The Hall–Kier alpha value is -1.30. The van der Waals surface area contributed by atoms with Crippen molar-refractivity contribution in [3.63, 3.8) is 0 Å². The largest absolute Gasteiger partial charge is 0.339 e. The van der Waals surface area contributed by atoms with Crippen LogP contribution in [0.5, 0.6) is 0 Å². The summed E-state index contributed by atoms with van der Waals surface area (Å²) in [7, 11) is 0. The molecule has 1 saturated carbocycles. The standard InChI is InChI=1S/C13H24N4O2/c1-2-15-12(19)17-8-6-16(7-9-17)11(18)10-13(14)4-3-5-13/h2-10,14H2,1H3,(H,15,19). The van der Waals surface area contributed by atoms with E-state index in [0.717, 1.165) is 19.3 Å². The van der Waals surface area contributed by atoms with Crippen LogP contribution in [-0.2, 0) is 4.79 Å². The molecule has 2 rings (SSSR count). The zero-order valence-corrected chi connectivity index (χ0v) is 11.7. The number of amides is 3. The zero-order valence-electron chi connectivity index (χ0n) is 11.7. The highest BCUT2D eigenvalue weighted by molar-refractivity contribution is 5.78. The van der Waals surface area contributed by atoms with Crippen molar-refractivity contribution in [1.29, 1.82) is 0 Å². The molecule has 0 spiro atoms. The van der Waals surface area contributed by atoms with E-state index < -0.39 is 0 Å². The minimum atomic E-state index is -0.256. The van der Waals surface area contributed by atoms with Gasteiger partial charge in [-0.3, -0.25) is 4.79 Å². The van der Waals surface area contributed by atoms with Crippen LogP contribution in [0, 0.1) is 0 Å². The third-order valence-electron chi connectivity index (χ3n) is 4.10. The van der Waals surface area contributed by atoms with Gasteiger partial charge in [-0.25, -0.2) is 4.79 Å². The fourth-order valence-electron chi connectivity index (χ4n) is 2.64. The van der Waals surface area contributed by atoms with Gasteiger partial charge in [-0.2, -0.15) is 0 Å². The minimum Gasteiger partial charge on any atom is -0.339 e. The molecule has 0 atom stereocenters. The second-order valence-electron chi connectivity index (χ2n) is 5.60. The first-order valence-electron chi connectivity index (χ1n) is 7.13. The molecule has 1 saturated heterocycles. The molecule has 108 valence electrons. The monoisotopic (exact) mass is 268 g/mol. The van der Waals surface area contributed by atoms with E-state index in [1.54, 1.807) is 4.90 Å². The first kappa shape index (κ1) is 14.1. The van der Waals surface area contributed by atoms with Crippen LogP contribution < -0.4 is 11.1 Å². The summed E-state index contributed by atoms with van der Waals surface area (Å²) in [5.74, 6) is 0.137. The number of rotatable bonds is 3. The Bertz CT molecular complexity index is 347. The second-order valence-corrected chi connectivity index (χ2v) is 5.60. The van der Waals surface area contributed by atoms with E-state index in [4.69, 9.17) is 5.73 Å². The lowest BCUT2D eigenvalue weighted by molar-refractivity contribution is -0.134. The highest BCUT2D eigenvalue weighted by Crippen LogP contribution is 2.32. The van der Waals surface area contributed by atoms with Crippen molar-refractivity contribution in [1.82, 2.24) is 15.1 Å². The highest BCUT2D eigenvalue weighted by atomic mass is 16.2. The number of piperazine rings is 1. The molecule has 3 N–H and O–H groups in total. The summed E-state index contributed by atoms with van der Waals surface area (Å²) in [4.78, 5) is 27.4. The molecule has 6 heteroatoms. The second kappa shape index (κ2) is 5.77. The van der Waals surface area contributed by atoms with Crippen molar-refractivity contribution in [2.24, 2.45) is 5.73 Å². The Morgan fingerprint density at radius 2 is 1.74 bits per heavy atom. The number of carbonyl (C=O) groups is 2. The predicted octanol–water partition coefficient (Wildman–Crippen LogP) is 0.132. The van der Waals surface area contributed by atoms with Gasteiger partial charge in [0.1, 0.15) is 0 Å². The molecule has 0 bridgehead atoms. The van der Waals surface area contributed by atoms with Crippen LogP contribution in [-0.4, -0.2) is 60.0 Å². The van der Waals surface area contributed by atoms with Crippen molar-refractivity contribution in [2.45, 2.75) is 38.1 Å². The lowest BCUT2D eigenvalue weighted by atomic mass is 9.75. The first-order valence-corrected chi connectivity index (χ1v) is 7.13. The van der Waals surface area contributed by atoms with Crippen LogP contribution >= 0.6 is 0 Å². The van der Waals surface area contributed by atoms with Crippen LogP contribution in [0.15, 0.2) is 0 Å². The van der Waals surface area contributed by atoms with E-state index in [1.165, 1.54) is 0 Å². The maximum Gasteiger partial charge on any atom is 0.317 e. The van der Waals surface area contributed by atoms with Gasteiger partial charge in [0.05, 0.1) is 0 Å². The van der Waals surface area contributed by atoms with Gasteiger partial charge >= 0.3 is 6.03 Å². The van der Waals surface area contributed by atoms with Crippen LogP contribution in [0.1, 0.15) is 32.6 Å². The first-order chi connectivity index (χ1) is 9.04. The number of carbonyl (C=O) groups excluding carboxylic acids is 2. The maximum atomic E-state index is 12.1. The average Bonchev–Trinajstić information content (AvgIpc) is 2.37. The van der Waals surface area contributed by atoms with Gasteiger partial charge in [0.15, 0.2) is 0 Å². The van der Waals surface area contributed by atoms with Crippen molar-refractivity contribution in [2.75, 3.05) is 32.7 Å². The van der Waals surface area contributed by atoms with E-state index in [0.29, 0.717) is 39.1 Å². The van der Waals surface area contributed by atoms with Crippen molar-refractivity contribution >= 4 is 11.9 Å². The number of nitrogens with two attached hydrogens (primary N) is 1. The molecule has 0 aromatic carbocycles. The van der Waals surface area contributed by atoms with E-state index >= 15 is 0 Å². The Labute approximate surface area is 114 Å². The fraction of sp³-hybridized carbons (Fsp3) is 0.846. The number of hydrogen-bond donors (Lipinski definition) is 2. The third kappa shape index (κ3) is 3.37. The van der Waals surface area contributed by atoms with Crippen LogP contribution in [0.25, 0.3) is 0 Å². The molecule has 1 heterocycles. The van der Waals surface area contributed by atoms with E-state index in [9.17, 15) is 9.59 Å². The van der Waals surface area contributed by atoms with Gasteiger partial charge < -0.3 is 20.9 Å². The van der Waals surface area contributed by atoms with Crippen LogP contribution in [0.2, 0.25) is 0 Å². The molecular weight excluding hydrogens is 244 g/mol. The SMILES string of the molecule is CCNC(=O)N1CCN(C(=O)CC2(N)CCC2)CC1. The number of nitrogens with zero attached hydrogens (tertiary/aromatic N) is 2. The lowest BCUT2D eigenvalue weighted by Crippen LogP contribution is -2.56. The normalized spacial score (nSPS) is 21.8. The summed E-state index contributed by atoms with van der Waals surface area (Å²) in [5.41, 5.74) is 5.85. The van der Waals surface area contributed by atoms with Crippen LogP contribution in [0.3, 0.4) is 0 Å². The van der Waals surface area contributed by atoms with Crippen molar-refractivity contribution in [3.8, 4) is 0 Å². The molecule has 6 nitrogen and oxygen atoms in total. The van der Waals surface area contributed by atoms with Gasteiger partial charge in [-0.1, -0.05) is 0 Å². The Kier molecular flexibility index (Phi) is 4.29. The third-order valence-corrected chi connectivity index (χ3v) is 4.10. The minimum absolute atomic E-state index is 0.0381. The predicted molar refractivity (Wildman–Crippen MR) is 72.6 cm³/mol. The van der Waals surface area contributed by atoms with Gasteiger partial charge in [0.25, 0.3) is 0 Å². The Balaban J connectivity index is 1.76. The molecule has 0 radical (unpaired) electrons. The molecule has 0 aromatic heterocycles. The molecular formula is C13H24N4O2. The zero-order chi connectivity index (χ0) is 13.9. The summed E-state index contributed by atoms with van der Waals surface area (Å²) in [5, 5.41) is 2.78. The average molecular weight is 268 g/mol. The van der Waals surface area contributed by atoms with Gasteiger partial charge in [0, 0.05) is 44.7 Å². The van der Waals surface area contributed by atoms with E-state index in [2.05, 4.69) is 5.32 Å². The molecule has 2 fully saturated rings. The van der Waals surface area contributed by atoms with Crippen LogP contribution in [0.4, 0.5) is 4.79 Å². The summed E-state index contributed by atoms with van der Waals surface area (Å²) < 4.78 is 0. The topological polar surface area (TPSA) is 78.7 Å². The molecule has 0 unspecified atom stereocenters. The summed E-state index contributed by atoms with van der Waals surface area (Å²) >= 11 is 0. The Morgan fingerprint density at radius 3 is 2.21 bits per heavy atom. The molecule has 0 aromatic rings. The summed E-state index contributed by atoms with van der Waals surface area (Å²) in [6.45, 7) is 4.98. The van der Waals surface area contributed by atoms with Gasteiger partial charge in [0.2, 0.25) is 5.91 Å². The van der Waals surface area contributed by atoms with Gasteiger partial charge in [-0.05, 0) is 26.2 Å². The van der Waals surface area contributed by atoms with E-state index in [1.807, 2.05) is 11.8 Å². The Morgan fingerprint density at radius 1 is 1.16 bits per heavy atom. The van der Waals surface area contributed by atoms with Gasteiger partial charge in [-0.15, -0.1) is 0 Å². The highest BCUT2D eigenvalue weighted by Gasteiger charge is 2.36. The molecule has 19 heavy (non-hydrogen) atoms. The van der Waals surface area contributed by atoms with Crippen molar-refractivity contribution < 1.29 is 9.59 Å². The summed E-state index contributed by atoms with van der Waals surface area (Å²) in [6, 6.07) is -0.0381.